The second kappa shape index (κ2) is 10.8. The Hall–Kier alpha value is -3.93. The normalized spacial score (nSPS) is 12.6. The highest BCUT2D eigenvalue weighted by Crippen LogP contribution is 2.33. The largest absolute Gasteiger partial charge is 0.325 e. The fraction of sp³-hybridized carbons (Fsp3) is 0.214. The van der Waals surface area contributed by atoms with Gasteiger partial charge in [0.1, 0.15) is 17.5 Å². The molecular weight excluding hydrogens is 433 g/mol. The van der Waals surface area contributed by atoms with E-state index in [0.29, 0.717) is 16.8 Å². The molecule has 5 nitrogen and oxygen atoms in total. The van der Waals surface area contributed by atoms with Gasteiger partial charge in [-0.15, -0.1) is 0 Å². The monoisotopic (exact) mass is 459 g/mol. The molecule has 0 aliphatic heterocycles. The van der Waals surface area contributed by atoms with Crippen molar-refractivity contribution in [3.05, 3.63) is 101 Å². The lowest BCUT2D eigenvalue weighted by atomic mass is 9.75. The lowest BCUT2D eigenvalue weighted by Gasteiger charge is -2.26. The Bertz CT molecular complexity index is 1220. The highest BCUT2D eigenvalue weighted by Gasteiger charge is 2.41. The van der Waals surface area contributed by atoms with Gasteiger partial charge in [-0.05, 0) is 36.8 Å². The predicted molar refractivity (Wildman–Crippen MR) is 128 cm³/mol. The molecule has 0 aliphatic carbocycles. The van der Waals surface area contributed by atoms with Crippen LogP contribution in [0.15, 0.2) is 78.9 Å². The number of anilines is 1. The van der Waals surface area contributed by atoms with Crippen molar-refractivity contribution >= 4 is 28.9 Å². The topological polar surface area (TPSA) is 80.3 Å². The van der Waals surface area contributed by atoms with Crippen LogP contribution >= 0.6 is 0 Å². The average molecular weight is 460 g/mol. The van der Waals surface area contributed by atoms with Crippen LogP contribution in [0, 0.1) is 17.7 Å². The fourth-order valence-electron chi connectivity index (χ4n) is 3.82. The van der Waals surface area contributed by atoms with E-state index in [9.17, 15) is 23.6 Å². The second-order valence-corrected chi connectivity index (χ2v) is 8.39. The zero-order chi connectivity index (χ0) is 24.8. The molecule has 0 bridgehead atoms. The molecule has 0 saturated carbocycles. The van der Waals surface area contributed by atoms with E-state index in [4.69, 9.17) is 0 Å². The summed E-state index contributed by atoms with van der Waals surface area (Å²) in [5.74, 6) is -5.90. The van der Waals surface area contributed by atoms with Crippen LogP contribution in [0.25, 0.3) is 0 Å². The molecule has 3 aromatic rings. The SMILES string of the molecule is CC(=O)c1cccc(NC(=O)C(C(=O)C(C)C)C(C(=O)c2ccccc2F)c2ccccc2)c1. The van der Waals surface area contributed by atoms with Crippen molar-refractivity contribution in [2.24, 2.45) is 11.8 Å². The smallest absolute Gasteiger partial charge is 0.236 e. The summed E-state index contributed by atoms with van der Waals surface area (Å²) < 4.78 is 14.6. The lowest BCUT2D eigenvalue weighted by Crippen LogP contribution is -2.40. The van der Waals surface area contributed by atoms with Crippen LogP contribution < -0.4 is 5.32 Å². The van der Waals surface area contributed by atoms with Gasteiger partial charge in [0.25, 0.3) is 0 Å². The molecule has 3 rings (SSSR count). The molecule has 0 spiro atoms. The van der Waals surface area contributed by atoms with Crippen LogP contribution in [-0.2, 0) is 9.59 Å². The number of amides is 1. The molecule has 2 unspecified atom stereocenters. The third kappa shape index (κ3) is 5.52. The van der Waals surface area contributed by atoms with Gasteiger partial charge in [-0.1, -0.05) is 68.4 Å². The van der Waals surface area contributed by atoms with Crippen LogP contribution in [0.1, 0.15) is 53.0 Å². The molecule has 3 aromatic carbocycles. The number of Topliss-reactive ketones (excluding diaryl/α,β-unsaturated/α-hetero) is 3. The maximum atomic E-state index is 14.6. The third-order valence-corrected chi connectivity index (χ3v) is 5.61. The van der Waals surface area contributed by atoms with Crippen molar-refractivity contribution < 1.29 is 23.6 Å². The highest BCUT2D eigenvalue weighted by atomic mass is 19.1. The van der Waals surface area contributed by atoms with Gasteiger partial charge in [0.05, 0.1) is 11.5 Å². The molecule has 0 aliphatic rings. The fourth-order valence-corrected chi connectivity index (χ4v) is 3.82. The molecule has 0 fully saturated rings. The first-order valence-corrected chi connectivity index (χ1v) is 11.0. The molecular formula is C28H26FNO4. The van der Waals surface area contributed by atoms with Crippen LogP contribution in [-0.4, -0.2) is 23.3 Å². The summed E-state index contributed by atoms with van der Waals surface area (Å²) in [6, 6.07) is 20.3. The Morgan fingerprint density at radius 1 is 0.824 bits per heavy atom. The van der Waals surface area contributed by atoms with Gasteiger partial charge in [-0.2, -0.15) is 0 Å². The summed E-state index contributed by atoms with van der Waals surface area (Å²) in [5.41, 5.74) is 0.961. The average Bonchev–Trinajstić information content (AvgIpc) is 2.82. The van der Waals surface area contributed by atoms with Crippen LogP contribution in [0.5, 0.6) is 0 Å². The molecule has 1 N–H and O–H groups in total. The number of hydrogen-bond acceptors (Lipinski definition) is 4. The van der Waals surface area contributed by atoms with Crippen LogP contribution in [0.3, 0.4) is 0 Å². The number of benzene rings is 3. The van der Waals surface area contributed by atoms with Crippen molar-refractivity contribution in [3.8, 4) is 0 Å². The van der Waals surface area contributed by atoms with Gasteiger partial charge >= 0.3 is 0 Å². The van der Waals surface area contributed by atoms with E-state index >= 15 is 0 Å². The Morgan fingerprint density at radius 2 is 1.47 bits per heavy atom. The van der Waals surface area contributed by atoms with Gasteiger partial charge in [0.2, 0.25) is 5.91 Å². The number of carbonyl (C=O) groups excluding carboxylic acids is 4. The van der Waals surface area contributed by atoms with E-state index in [1.807, 2.05) is 0 Å². The van der Waals surface area contributed by atoms with Crippen molar-refractivity contribution in [1.82, 2.24) is 0 Å². The lowest BCUT2D eigenvalue weighted by molar-refractivity contribution is -0.133. The molecule has 0 aromatic heterocycles. The van der Waals surface area contributed by atoms with E-state index in [1.54, 1.807) is 62.4 Å². The summed E-state index contributed by atoms with van der Waals surface area (Å²) in [5, 5.41) is 2.69. The van der Waals surface area contributed by atoms with Gasteiger partial charge < -0.3 is 5.32 Å². The maximum absolute atomic E-state index is 14.6. The van der Waals surface area contributed by atoms with E-state index in [-0.39, 0.29) is 11.3 Å². The van der Waals surface area contributed by atoms with E-state index in [2.05, 4.69) is 5.32 Å². The van der Waals surface area contributed by atoms with E-state index in [1.165, 1.54) is 37.3 Å². The standard InChI is InChI=1S/C28H26FNO4/c1-17(2)26(32)25(28(34)30-21-13-9-12-20(16-21)18(3)31)24(19-10-5-4-6-11-19)27(33)22-14-7-8-15-23(22)29/h4-17,24-25H,1-3H3,(H,30,34). The van der Waals surface area contributed by atoms with Gasteiger partial charge in [0.15, 0.2) is 11.6 Å². The Kier molecular flexibility index (Phi) is 7.84. The zero-order valence-corrected chi connectivity index (χ0v) is 19.2. The Morgan fingerprint density at radius 3 is 2.09 bits per heavy atom. The number of nitrogens with one attached hydrogen (secondary N) is 1. The molecule has 0 saturated heterocycles. The maximum Gasteiger partial charge on any atom is 0.236 e. The van der Waals surface area contributed by atoms with Crippen LogP contribution in [0.4, 0.5) is 10.1 Å². The first kappa shape index (κ1) is 24.7. The summed E-state index contributed by atoms with van der Waals surface area (Å²) in [4.78, 5) is 52.2. The summed E-state index contributed by atoms with van der Waals surface area (Å²) >= 11 is 0. The molecule has 6 heteroatoms. The van der Waals surface area contributed by atoms with E-state index in [0.717, 1.165) is 0 Å². The summed E-state index contributed by atoms with van der Waals surface area (Å²) in [6.45, 7) is 4.70. The predicted octanol–water partition coefficient (Wildman–Crippen LogP) is 5.47. The minimum Gasteiger partial charge on any atom is -0.325 e. The highest BCUT2D eigenvalue weighted by molar-refractivity contribution is 6.15. The summed E-state index contributed by atoms with van der Waals surface area (Å²) in [6.07, 6.45) is 0. The molecule has 174 valence electrons. The number of carbonyl (C=O) groups is 4. The van der Waals surface area contributed by atoms with Gasteiger partial charge in [-0.3, -0.25) is 19.2 Å². The quantitative estimate of drug-likeness (QED) is 0.340. The molecule has 1 amide bonds. The van der Waals surface area contributed by atoms with Crippen molar-refractivity contribution in [2.45, 2.75) is 26.7 Å². The molecule has 0 heterocycles. The van der Waals surface area contributed by atoms with Crippen LogP contribution in [0.2, 0.25) is 0 Å². The third-order valence-electron chi connectivity index (χ3n) is 5.61. The Labute approximate surface area is 198 Å². The molecule has 34 heavy (non-hydrogen) atoms. The molecule has 0 radical (unpaired) electrons. The second-order valence-electron chi connectivity index (χ2n) is 8.39. The minimum atomic E-state index is -1.41. The number of rotatable bonds is 9. The summed E-state index contributed by atoms with van der Waals surface area (Å²) in [7, 11) is 0. The minimum absolute atomic E-state index is 0.178. The zero-order valence-electron chi connectivity index (χ0n) is 19.2. The number of halogens is 1. The Balaban J connectivity index is 2.10. The van der Waals surface area contributed by atoms with Crippen molar-refractivity contribution in [1.29, 1.82) is 0 Å². The number of ketones is 3. The number of hydrogen-bond donors (Lipinski definition) is 1. The van der Waals surface area contributed by atoms with Crippen molar-refractivity contribution in [2.75, 3.05) is 5.32 Å². The molecule has 2 atom stereocenters. The van der Waals surface area contributed by atoms with Gasteiger partial charge in [-0.25, -0.2) is 4.39 Å². The van der Waals surface area contributed by atoms with Crippen molar-refractivity contribution in [3.63, 3.8) is 0 Å². The first-order valence-electron chi connectivity index (χ1n) is 11.0. The van der Waals surface area contributed by atoms with Gasteiger partial charge in [0, 0.05) is 17.2 Å². The van der Waals surface area contributed by atoms with E-state index < -0.39 is 41.0 Å². The first-order chi connectivity index (χ1) is 16.2.